The molecule has 0 spiro atoms. The van der Waals surface area contributed by atoms with E-state index in [2.05, 4.69) is 15.9 Å². The topological polar surface area (TPSA) is 66.6 Å². The van der Waals surface area contributed by atoms with Crippen LogP contribution in [0.15, 0.2) is 22.7 Å². The monoisotopic (exact) mass is 330 g/mol. The summed E-state index contributed by atoms with van der Waals surface area (Å²) in [5.74, 6) is -0.185. The average Bonchev–Trinajstić information content (AvgIpc) is 2.31. The SMILES string of the molecule is CC(CN(C)C(=O)c1ccc(Br)c(O)c1)C(N)=S. The molecule has 0 aromatic heterocycles. The predicted molar refractivity (Wildman–Crippen MR) is 78.7 cm³/mol. The molecular weight excluding hydrogens is 316 g/mol. The minimum Gasteiger partial charge on any atom is -0.507 e. The van der Waals surface area contributed by atoms with Crippen molar-refractivity contribution >= 4 is 39.0 Å². The number of aromatic hydroxyl groups is 1. The summed E-state index contributed by atoms with van der Waals surface area (Å²) in [6, 6.07) is 4.70. The van der Waals surface area contributed by atoms with E-state index in [9.17, 15) is 9.90 Å². The van der Waals surface area contributed by atoms with Crippen LogP contribution in [0.5, 0.6) is 5.75 Å². The zero-order valence-electron chi connectivity index (χ0n) is 10.2. The van der Waals surface area contributed by atoms with Gasteiger partial charge in [-0.2, -0.15) is 0 Å². The third kappa shape index (κ3) is 3.68. The number of amides is 1. The largest absolute Gasteiger partial charge is 0.507 e. The number of carbonyl (C=O) groups excluding carboxylic acids is 1. The molecule has 6 heteroatoms. The highest BCUT2D eigenvalue weighted by Gasteiger charge is 2.16. The first-order chi connectivity index (χ1) is 8.32. The first-order valence-corrected chi connectivity index (χ1v) is 6.56. The molecule has 0 heterocycles. The second-order valence-electron chi connectivity index (χ2n) is 4.16. The molecular formula is C12H15BrN2O2S. The summed E-state index contributed by atoms with van der Waals surface area (Å²) in [5, 5.41) is 9.54. The van der Waals surface area contributed by atoms with Crippen molar-refractivity contribution in [3.63, 3.8) is 0 Å². The summed E-state index contributed by atoms with van der Waals surface area (Å²) >= 11 is 8.04. The van der Waals surface area contributed by atoms with Crippen molar-refractivity contribution in [2.24, 2.45) is 11.7 Å². The third-order valence-electron chi connectivity index (χ3n) is 2.57. The number of nitrogens with zero attached hydrogens (tertiary/aromatic N) is 1. The van der Waals surface area contributed by atoms with Crippen molar-refractivity contribution in [3.05, 3.63) is 28.2 Å². The summed E-state index contributed by atoms with van der Waals surface area (Å²) in [4.78, 5) is 14.0. The fourth-order valence-corrected chi connectivity index (χ4v) is 1.77. The number of benzene rings is 1. The van der Waals surface area contributed by atoms with Crippen LogP contribution in [-0.4, -0.2) is 34.5 Å². The standard InChI is InChI=1S/C12H15BrN2O2S/c1-7(11(14)18)6-15(2)12(17)8-3-4-9(13)10(16)5-8/h3-5,7,16H,6H2,1-2H3,(H2,14,18). The number of rotatable bonds is 4. The summed E-state index contributed by atoms with van der Waals surface area (Å²) in [5.41, 5.74) is 5.94. The van der Waals surface area contributed by atoms with Gasteiger partial charge in [0, 0.05) is 25.1 Å². The highest BCUT2D eigenvalue weighted by molar-refractivity contribution is 9.10. The molecule has 3 N–H and O–H groups in total. The molecule has 1 aromatic carbocycles. The molecule has 0 fully saturated rings. The lowest BCUT2D eigenvalue weighted by Gasteiger charge is -2.21. The average molecular weight is 331 g/mol. The molecule has 1 aromatic rings. The molecule has 1 rings (SSSR count). The second-order valence-corrected chi connectivity index (χ2v) is 5.48. The molecule has 1 unspecified atom stereocenters. The van der Waals surface area contributed by atoms with E-state index in [1.54, 1.807) is 19.2 Å². The smallest absolute Gasteiger partial charge is 0.253 e. The molecule has 18 heavy (non-hydrogen) atoms. The van der Waals surface area contributed by atoms with Crippen molar-refractivity contribution in [2.45, 2.75) is 6.92 Å². The van der Waals surface area contributed by atoms with E-state index in [4.69, 9.17) is 18.0 Å². The molecule has 0 aliphatic heterocycles. The first-order valence-electron chi connectivity index (χ1n) is 5.36. The van der Waals surface area contributed by atoms with Gasteiger partial charge in [-0.25, -0.2) is 0 Å². The Morgan fingerprint density at radius 2 is 2.22 bits per heavy atom. The van der Waals surface area contributed by atoms with Gasteiger partial charge in [0.25, 0.3) is 5.91 Å². The van der Waals surface area contributed by atoms with Crippen molar-refractivity contribution in [1.29, 1.82) is 0 Å². The maximum atomic E-state index is 12.1. The van der Waals surface area contributed by atoms with Crippen LogP contribution in [0.1, 0.15) is 17.3 Å². The van der Waals surface area contributed by atoms with E-state index in [0.717, 1.165) is 0 Å². The molecule has 0 radical (unpaired) electrons. The van der Waals surface area contributed by atoms with Crippen LogP contribution in [0.25, 0.3) is 0 Å². The van der Waals surface area contributed by atoms with Gasteiger partial charge in [0.2, 0.25) is 0 Å². The highest BCUT2D eigenvalue weighted by Crippen LogP contribution is 2.24. The Kier molecular flexibility index (Phi) is 5.10. The molecule has 4 nitrogen and oxygen atoms in total. The zero-order valence-corrected chi connectivity index (χ0v) is 12.6. The number of hydrogen-bond donors (Lipinski definition) is 2. The van der Waals surface area contributed by atoms with Gasteiger partial charge >= 0.3 is 0 Å². The molecule has 0 bridgehead atoms. The Balaban J connectivity index is 2.80. The van der Waals surface area contributed by atoms with Gasteiger partial charge in [-0.15, -0.1) is 0 Å². The van der Waals surface area contributed by atoms with Crippen LogP contribution >= 0.6 is 28.1 Å². The molecule has 0 saturated heterocycles. The summed E-state index contributed by atoms with van der Waals surface area (Å²) in [7, 11) is 1.68. The van der Waals surface area contributed by atoms with E-state index in [1.165, 1.54) is 11.0 Å². The molecule has 0 saturated carbocycles. The highest BCUT2D eigenvalue weighted by atomic mass is 79.9. The number of carbonyl (C=O) groups is 1. The van der Waals surface area contributed by atoms with Gasteiger partial charge < -0.3 is 15.7 Å². The Morgan fingerprint density at radius 1 is 1.61 bits per heavy atom. The van der Waals surface area contributed by atoms with Crippen LogP contribution in [0.2, 0.25) is 0 Å². The van der Waals surface area contributed by atoms with Crippen LogP contribution in [-0.2, 0) is 0 Å². The Labute approximate surface area is 120 Å². The minimum absolute atomic E-state index is 0.0386. The number of thiocarbonyl (C=S) groups is 1. The molecule has 1 atom stereocenters. The number of hydrogen-bond acceptors (Lipinski definition) is 3. The van der Waals surface area contributed by atoms with Gasteiger partial charge in [-0.05, 0) is 34.1 Å². The number of phenolic OH excluding ortho intramolecular Hbond substituents is 1. The molecule has 0 aliphatic rings. The van der Waals surface area contributed by atoms with Crippen LogP contribution in [0.3, 0.4) is 0 Å². The molecule has 0 aliphatic carbocycles. The fourth-order valence-electron chi connectivity index (χ4n) is 1.45. The zero-order chi connectivity index (χ0) is 13.9. The maximum Gasteiger partial charge on any atom is 0.253 e. The normalized spacial score (nSPS) is 11.9. The lowest BCUT2D eigenvalue weighted by Crippen LogP contribution is -2.35. The number of nitrogens with two attached hydrogens (primary N) is 1. The van der Waals surface area contributed by atoms with E-state index >= 15 is 0 Å². The van der Waals surface area contributed by atoms with Crippen molar-refractivity contribution in [3.8, 4) is 5.75 Å². The lowest BCUT2D eigenvalue weighted by atomic mass is 10.1. The predicted octanol–water partition coefficient (Wildman–Crippen LogP) is 2.15. The Bertz CT molecular complexity index is 479. The van der Waals surface area contributed by atoms with Crippen molar-refractivity contribution in [2.75, 3.05) is 13.6 Å². The van der Waals surface area contributed by atoms with E-state index < -0.39 is 0 Å². The minimum atomic E-state index is -0.180. The van der Waals surface area contributed by atoms with Gasteiger partial charge in [-0.3, -0.25) is 4.79 Å². The summed E-state index contributed by atoms with van der Waals surface area (Å²) in [6.45, 7) is 2.32. The van der Waals surface area contributed by atoms with Crippen LogP contribution in [0.4, 0.5) is 0 Å². The fraction of sp³-hybridized carbons (Fsp3) is 0.333. The van der Waals surface area contributed by atoms with Crippen LogP contribution in [0, 0.1) is 5.92 Å². The van der Waals surface area contributed by atoms with Gasteiger partial charge in [0.15, 0.2) is 0 Å². The molecule has 1 amide bonds. The van der Waals surface area contributed by atoms with Crippen molar-refractivity contribution in [1.82, 2.24) is 4.90 Å². The lowest BCUT2D eigenvalue weighted by molar-refractivity contribution is 0.0786. The summed E-state index contributed by atoms with van der Waals surface area (Å²) in [6.07, 6.45) is 0. The quantitative estimate of drug-likeness (QED) is 0.830. The third-order valence-corrected chi connectivity index (χ3v) is 3.65. The van der Waals surface area contributed by atoms with E-state index in [1.807, 2.05) is 6.92 Å². The van der Waals surface area contributed by atoms with Gasteiger partial charge in [0.05, 0.1) is 9.46 Å². The Morgan fingerprint density at radius 3 is 2.72 bits per heavy atom. The van der Waals surface area contributed by atoms with Crippen LogP contribution < -0.4 is 5.73 Å². The number of phenols is 1. The maximum absolute atomic E-state index is 12.1. The van der Waals surface area contributed by atoms with E-state index in [0.29, 0.717) is 21.6 Å². The van der Waals surface area contributed by atoms with Crippen molar-refractivity contribution < 1.29 is 9.90 Å². The summed E-state index contributed by atoms with van der Waals surface area (Å²) < 4.78 is 0.554. The first kappa shape index (κ1) is 14.9. The number of halogens is 1. The molecule has 98 valence electrons. The Hall–Kier alpha value is -1.14. The van der Waals surface area contributed by atoms with E-state index in [-0.39, 0.29) is 17.6 Å². The van der Waals surface area contributed by atoms with Gasteiger partial charge in [-0.1, -0.05) is 19.1 Å². The second kappa shape index (κ2) is 6.15. The van der Waals surface area contributed by atoms with Gasteiger partial charge in [0.1, 0.15) is 5.75 Å².